The Balaban J connectivity index is 3.01. The molecule has 1 rings (SSSR count). The molecule has 1 heterocycles. The molecule has 0 amide bonds. The van der Waals surface area contributed by atoms with Gasteiger partial charge in [-0.2, -0.15) is 5.26 Å². The van der Waals surface area contributed by atoms with Crippen molar-refractivity contribution in [1.29, 1.82) is 5.26 Å². The number of pyridine rings is 1. The fourth-order valence-electron chi connectivity index (χ4n) is 0.877. The van der Waals surface area contributed by atoms with Crippen molar-refractivity contribution in [3.8, 4) is 6.07 Å². The number of halogens is 2. The van der Waals surface area contributed by atoms with Crippen LogP contribution >= 0.6 is 0 Å². The van der Waals surface area contributed by atoms with Crippen LogP contribution in [0.2, 0.25) is 0 Å². The van der Waals surface area contributed by atoms with E-state index in [1.807, 2.05) is 0 Å². The maximum absolute atomic E-state index is 11.9. The number of alkyl halides is 2. The van der Waals surface area contributed by atoms with Crippen LogP contribution in [0.15, 0.2) is 23.1 Å². The molecular weight excluding hydrogens is 178 g/mol. The molecule has 0 saturated carbocycles. The predicted octanol–water partition coefficient (Wildman–Crippen LogP) is 0.985. The van der Waals surface area contributed by atoms with Gasteiger partial charge >= 0.3 is 0 Å². The number of nitrogens with zero attached hydrogens (tertiary/aromatic N) is 2. The van der Waals surface area contributed by atoms with E-state index in [-0.39, 0.29) is 5.56 Å². The first-order chi connectivity index (χ1) is 6.13. The molecule has 0 aliphatic carbocycles. The molecule has 5 heteroatoms. The van der Waals surface area contributed by atoms with Crippen LogP contribution in [-0.2, 0) is 6.54 Å². The molecule has 1 aromatic heterocycles. The molecule has 0 unspecified atom stereocenters. The Hall–Kier alpha value is -1.70. The van der Waals surface area contributed by atoms with Gasteiger partial charge in [-0.1, -0.05) is 0 Å². The van der Waals surface area contributed by atoms with Crippen LogP contribution in [0.5, 0.6) is 0 Å². The highest BCUT2D eigenvalue weighted by Crippen LogP contribution is 1.97. The van der Waals surface area contributed by atoms with Crippen molar-refractivity contribution in [1.82, 2.24) is 4.57 Å². The Morgan fingerprint density at radius 3 is 2.77 bits per heavy atom. The average Bonchev–Trinajstić information content (AvgIpc) is 2.08. The molecule has 0 aliphatic heterocycles. The first-order valence-corrected chi connectivity index (χ1v) is 3.52. The summed E-state index contributed by atoms with van der Waals surface area (Å²) < 4.78 is 24.6. The first kappa shape index (κ1) is 9.39. The van der Waals surface area contributed by atoms with E-state index in [0.717, 1.165) is 10.6 Å². The van der Waals surface area contributed by atoms with Gasteiger partial charge in [0.2, 0.25) is 0 Å². The molecule has 0 atom stereocenters. The van der Waals surface area contributed by atoms with E-state index < -0.39 is 18.5 Å². The van der Waals surface area contributed by atoms with Crippen LogP contribution < -0.4 is 5.56 Å². The van der Waals surface area contributed by atoms with Gasteiger partial charge in [-0.05, 0) is 6.07 Å². The Labute approximate surface area is 72.8 Å². The van der Waals surface area contributed by atoms with Gasteiger partial charge in [0.05, 0.1) is 18.2 Å². The van der Waals surface area contributed by atoms with Crippen LogP contribution in [-0.4, -0.2) is 11.0 Å². The number of aromatic nitrogens is 1. The number of hydrogen-bond acceptors (Lipinski definition) is 2. The summed E-state index contributed by atoms with van der Waals surface area (Å²) in [6, 6.07) is 4.10. The Bertz CT molecular complexity index is 392. The molecule has 68 valence electrons. The summed E-state index contributed by atoms with van der Waals surface area (Å²) in [5, 5.41) is 8.39. The lowest BCUT2D eigenvalue weighted by Crippen LogP contribution is -2.22. The maximum atomic E-state index is 11.9. The average molecular weight is 184 g/mol. The normalized spacial score (nSPS) is 10.0. The molecular formula is C8H6F2N2O. The second kappa shape index (κ2) is 3.81. The van der Waals surface area contributed by atoms with E-state index in [0.29, 0.717) is 0 Å². The van der Waals surface area contributed by atoms with Gasteiger partial charge in [-0.15, -0.1) is 0 Å². The molecule has 0 radical (unpaired) electrons. The fraction of sp³-hybridized carbons (Fsp3) is 0.250. The molecule has 0 aliphatic rings. The van der Waals surface area contributed by atoms with Crippen LogP contribution in [0.25, 0.3) is 0 Å². The van der Waals surface area contributed by atoms with E-state index in [9.17, 15) is 13.6 Å². The molecule has 0 saturated heterocycles. The minimum absolute atomic E-state index is 0.176. The molecule has 0 N–H and O–H groups in total. The lowest BCUT2D eigenvalue weighted by molar-refractivity contribution is 0.125. The monoisotopic (exact) mass is 184 g/mol. The molecule has 13 heavy (non-hydrogen) atoms. The van der Waals surface area contributed by atoms with Gasteiger partial charge in [-0.3, -0.25) is 4.79 Å². The largest absolute Gasteiger partial charge is 0.310 e. The summed E-state index contributed by atoms with van der Waals surface area (Å²) in [6.07, 6.45) is -1.38. The fourth-order valence-corrected chi connectivity index (χ4v) is 0.877. The van der Waals surface area contributed by atoms with Gasteiger partial charge in [0, 0.05) is 12.3 Å². The summed E-state index contributed by atoms with van der Waals surface area (Å²) in [7, 11) is 0. The SMILES string of the molecule is N#Cc1ccn(CC(F)F)c(=O)c1. The first-order valence-electron chi connectivity index (χ1n) is 3.52. The molecule has 1 aromatic rings. The summed E-state index contributed by atoms with van der Waals surface area (Å²) in [4.78, 5) is 11.0. The van der Waals surface area contributed by atoms with Crippen molar-refractivity contribution >= 4 is 0 Å². The van der Waals surface area contributed by atoms with E-state index in [1.54, 1.807) is 6.07 Å². The summed E-state index contributed by atoms with van der Waals surface area (Å²) >= 11 is 0. The van der Waals surface area contributed by atoms with Gasteiger partial charge in [0.1, 0.15) is 0 Å². The highest BCUT2D eigenvalue weighted by Gasteiger charge is 2.05. The molecule has 3 nitrogen and oxygen atoms in total. The minimum Gasteiger partial charge on any atom is -0.310 e. The van der Waals surface area contributed by atoms with Crippen LogP contribution in [0.4, 0.5) is 8.78 Å². The standard InChI is InChI=1S/C8H6F2N2O/c9-7(10)5-12-2-1-6(4-11)3-8(12)13/h1-3,7H,5H2. The van der Waals surface area contributed by atoms with Gasteiger partial charge in [0.25, 0.3) is 12.0 Å². The van der Waals surface area contributed by atoms with Gasteiger partial charge in [-0.25, -0.2) is 8.78 Å². The quantitative estimate of drug-likeness (QED) is 0.687. The van der Waals surface area contributed by atoms with E-state index >= 15 is 0 Å². The van der Waals surface area contributed by atoms with Crippen LogP contribution in [0, 0.1) is 11.3 Å². The Morgan fingerprint density at radius 1 is 1.62 bits per heavy atom. The zero-order valence-electron chi connectivity index (χ0n) is 6.58. The van der Waals surface area contributed by atoms with E-state index in [1.165, 1.54) is 12.3 Å². The van der Waals surface area contributed by atoms with Crippen LogP contribution in [0.3, 0.4) is 0 Å². The third-order valence-corrected chi connectivity index (χ3v) is 1.46. The lowest BCUT2D eigenvalue weighted by Gasteiger charge is -2.02. The van der Waals surface area contributed by atoms with Crippen molar-refractivity contribution < 1.29 is 8.78 Å². The summed E-state index contributed by atoms with van der Waals surface area (Å²) in [6.45, 7) is -0.634. The van der Waals surface area contributed by atoms with Crippen LogP contribution in [0.1, 0.15) is 5.56 Å². The highest BCUT2D eigenvalue weighted by molar-refractivity contribution is 5.25. The molecule has 0 spiro atoms. The number of rotatable bonds is 2. The zero-order chi connectivity index (χ0) is 9.84. The van der Waals surface area contributed by atoms with Gasteiger partial charge < -0.3 is 4.57 Å². The third-order valence-electron chi connectivity index (χ3n) is 1.46. The topological polar surface area (TPSA) is 45.8 Å². The van der Waals surface area contributed by atoms with E-state index in [2.05, 4.69) is 0 Å². The van der Waals surface area contributed by atoms with Crippen molar-refractivity contribution in [3.05, 3.63) is 34.2 Å². The highest BCUT2D eigenvalue weighted by atomic mass is 19.3. The Morgan fingerprint density at radius 2 is 2.31 bits per heavy atom. The zero-order valence-corrected chi connectivity index (χ0v) is 6.58. The summed E-state index contributed by atoms with van der Waals surface area (Å²) in [5.41, 5.74) is -0.408. The van der Waals surface area contributed by atoms with Crippen molar-refractivity contribution in [2.45, 2.75) is 13.0 Å². The van der Waals surface area contributed by atoms with E-state index in [4.69, 9.17) is 5.26 Å². The van der Waals surface area contributed by atoms with Crippen molar-refractivity contribution in [3.63, 3.8) is 0 Å². The smallest absolute Gasteiger partial charge is 0.256 e. The predicted molar refractivity (Wildman–Crippen MR) is 41.4 cm³/mol. The summed E-state index contributed by atoms with van der Waals surface area (Å²) in [5.74, 6) is 0. The number of hydrogen-bond donors (Lipinski definition) is 0. The number of nitriles is 1. The maximum Gasteiger partial charge on any atom is 0.256 e. The van der Waals surface area contributed by atoms with Crippen molar-refractivity contribution in [2.75, 3.05) is 0 Å². The third kappa shape index (κ3) is 2.37. The molecule has 0 fully saturated rings. The van der Waals surface area contributed by atoms with Crippen molar-refractivity contribution in [2.24, 2.45) is 0 Å². The minimum atomic E-state index is -2.56. The Kier molecular flexibility index (Phi) is 2.75. The lowest BCUT2D eigenvalue weighted by atomic mass is 10.3. The molecule has 0 bridgehead atoms. The second-order valence-electron chi connectivity index (χ2n) is 2.41. The molecule has 0 aromatic carbocycles. The second-order valence-corrected chi connectivity index (χ2v) is 2.41. The van der Waals surface area contributed by atoms with Gasteiger partial charge in [0.15, 0.2) is 0 Å².